The number of carbonyl (C=O) groups is 2. The molecule has 0 aliphatic carbocycles. The normalized spacial score (nSPS) is 17.3. The van der Waals surface area contributed by atoms with Crippen molar-refractivity contribution in [2.75, 3.05) is 31.2 Å². The molecule has 1 saturated heterocycles. The number of nitrogens with one attached hydrogen (secondary N) is 2. The first-order chi connectivity index (χ1) is 24.9. The Labute approximate surface area is 301 Å². The summed E-state index contributed by atoms with van der Waals surface area (Å²) in [5.41, 5.74) is 12.0. The van der Waals surface area contributed by atoms with E-state index in [1.807, 2.05) is 85.1 Å². The van der Waals surface area contributed by atoms with Crippen LogP contribution in [0.5, 0.6) is 0 Å². The van der Waals surface area contributed by atoms with E-state index in [0.29, 0.717) is 37.2 Å². The van der Waals surface area contributed by atoms with Crippen molar-refractivity contribution in [1.29, 1.82) is 0 Å². The molecule has 10 nitrogen and oxygen atoms in total. The van der Waals surface area contributed by atoms with Gasteiger partial charge in [-0.15, -0.1) is 0 Å². The number of likely N-dealkylation sites (N-methyl/N-ethyl adjacent to an activating group) is 1. The SMILES string of the molecule is CN(CCc1ccccn1)C[C@@H]1C[C@H](c2ccc(CO)cc2)O[C@H](c2ccc(CNC(=O)CCCCCCC(=O)Nc3ccccc3N)cc2)O1. The Bertz CT molecular complexity index is 1650. The number of amides is 2. The fourth-order valence-corrected chi connectivity index (χ4v) is 6.15. The van der Waals surface area contributed by atoms with E-state index in [0.717, 1.165) is 73.1 Å². The first-order valence-corrected chi connectivity index (χ1v) is 17.9. The van der Waals surface area contributed by atoms with E-state index >= 15 is 0 Å². The molecule has 3 aromatic carbocycles. The quantitative estimate of drug-likeness (QED) is 0.0687. The van der Waals surface area contributed by atoms with Crippen molar-refractivity contribution < 1.29 is 24.2 Å². The average Bonchev–Trinajstić information content (AvgIpc) is 3.16. The molecule has 1 aliphatic heterocycles. The molecule has 0 unspecified atom stereocenters. The number of unbranched alkanes of at least 4 members (excludes halogenated alkanes) is 3. The van der Waals surface area contributed by atoms with E-state index in [-0.39, 0.29) is 30.6 Å². The van der Waals surface area contributed by atoms with Gasteiger partial charge < -0.3 is 35.8 Å². The predicted molar refractivity (Wildman–Crippen MR) is 199 cm³/mol. The molecule has 0 spiro atoms. The van der Waals surface area contributed by atoms with Gasteiger partial charge >= 0.3 is 0 Å². The highest BCUT2D eigenvalue weighted by molar-refractivity contribution is 5.93. The Morgan fingerprint density at radius 1 is 0.843 bits per heavy atom. The van der Waals surface area contributed by atoms with Gasteiger partial charge in [-0.05, 0) is 60.8 Å². The summed E-state index contributed by atoms with van der Waals surface area (Å²) in [6.45, 7) is 2.06. The predicted octanol–water partition coefficient (Wildman–Crippen LogP) is 6.47. The minimum absolute atomic E-state index is 0.00201. The number of nitrogens with two attached hydrogens (primary N) is 1. The van der Waals surface area contributed by atoms with Crippen molar-refractivity contribution in [3.63, 3.8) is 0 Å². The molecule has 51 heavy (non-hydrogen) atoms. The van der Waals surface area contributed by atoms with Crippen molar-refractivity contribution in [2.45, 2.75) is 83.0 Å². The fraction of sp³-hybridized carbons (Fsp3) is 0.390. The first kappa shape index (κ1) is 37.6. The lowest BCUT2D eigenvalue weighted by atomic mass is 9.99. The number of anilines is 2. The van der Waals surface area contributed by atoms with Crippen LogP contribution in [0.4, 0.5) is 11.4 Å². The molecule has 4 aromatic rings. The van der Waals surface area contributed by atoms with Crippen LogP contribution < -0.4 is 16.4 Å². The number of aliphatic hydroxyl groups excluding tert-OH is 1. The molecule has 1 aliphatic rings. The second-order valence-electron chi connectivity index (χ2n) is 13.3. The van der Waals surface area contributed by atoms with Crippen molar-refractivity contribution in [3.05, 3.63) is 125 Å². The maximum atomic E-state index is 12.5. The van der Waals surface area contributed by atoms with Gasteiger partial charge in [0.1, 0.15) is 0 Å². The summed E-state index contributed by atoms with van der Waals surface area (Å²) < 4.78 is 13.0. The summed E-state index contributed by atoms with van der Waals surface area (Å²) in [5, 5.41) is 15.4. The lowest BCUT2D eigenvalue weighted by molar-refractivity contribution is -0.252. The third-order valence-electron chi connectivity index (χ3n) is 9.14. The number of carbonyl (C=O) groups excluding carboxylic acids is 2. The topological polar surface area (TPSA) is 139 Å². The maximum Gasteiger partial charge on any atom is 0.224 e. The van der Waals surface area contributed by atoms with Crippen LogP contribution in [0, 0.1) is 0 Å². The average molecular weight is 694 g/mol. The van der Waals surface area contributed by atoms with Crippen molar-refractivity contribution in [3.8, 4) is 0 Å². The highest BCUT2D eigenvalue weighted by atomic mass is 16.7. The summed E-state index contributed by atoms with van der Waals surface area (Å²) >= 11 is 0. The summed E-state index contributed by atoms with van der Waals surface area (Å²) in [4.78, 5) is 31.4. The number of rotatable bonds is 18. The number of hydrogen-bond donors (Lipinski definition) is 4. The largest absolute Gasteiger partial charge is 0.397 e. The van der Waals surface area contributed by atoms with E-state index in [2.05, 4.69) is 27.6 Å². The number of aliphatic hydroxyl groups is 1. The van der Waals surface area contributed by atoms with Crippen LogP contribution in [0.3, 0.4) is 0 Å². The van der Waals surface area contributed by atoms with Crippen LogP contribution in [0.15, 0.2) is 97.2 Å². The minimum Gasteiger partial charge on any atom is -0.397 e. The lowest BCUT2D eigenvalue weighted by Gasteiger charge is -2.38. The van der Waals surface area contributed by atoms with Crippen LogP contribution in [0.1, 0.15) is 85.3 Å². The van der Waals surface area contributed by atoms with Gasteiger partial charge in [-0.25, -0.2) is 0 Å². The molecule has 5 N–H and O–H groups in total. The number of hydrogen-bond acceptors (Lipinski definition) is 8. The lowest BCUT2D eigenvalue weighted by Crippen LogP contribution is -2.38. The second kappa shape index (κ2) is 19.7. The van der Waals surface area contributed by atoms with E-state index in [9.17, 15) is 14.7 Å². The van der Waals surface area contributed by atoms with Gasteiger partial charge in [0, 0.05) is 62.8 Å². The van der Waals surface area contributed by atoms with Crippen LogP contribution in [-0.2, 0) is 38.6 Å². The highest BCUT2D eigenvalue weighted by Crippen LogP contribution is 2.38. The van der Waals surface area contributed by atoms with Gasteiger partial charge in [0.05, 0.1) is 30.2 Å². The summed E-state index contributed by atoms with van der Waals surface area (Å²) in [5.74, 6) is -0.0353. The number of nitrogens with zero attached hydrogens (tertiary/aromatic N) is 2. The van der Waals surface area contributed by atoms with Gasteiger partial charge in [-0.2, -0.15) is 0 Å². The van der Waals surface area contributed by atoms with E-state index in [1.165, 1.54) is 0 Å². The highest BCUT2D eigenvalue weighted by Gasteiger charge is 2.32. The van der Waals surface area contributed by atoms with Crippen LogP contribution >= 0.6 is 0 Å². The van der Waals surface area contributed by atoms with Gasteiger partial charge in [-0.3, -0.25) is 14.6 Å². The zero-order valence-corrected chi connectivity index (χ0v) is 29.5. The van der Waals surface area contributed by atoms with Crippen molar-refractivity contribution >= 4 is 23.2 Å². The van der Waals surface area contributed by atoms with Gasteiger partial charge in [0.25, 0.3) is 0 Å². The van der Waals surface area contributed by atoms with Crippen LogP contribution in [-0.4, -0.2) is 53.0 Å². The smallest absolute Gasteiger partial charge is 0.224 e. The van der Waals surface area contributed by atoms with E-state index in [4.69, 9.17) is 15.2 Å². The number of aromatic nitrogens is 1. The molecule has 1 aromatic heterocycles. The Kier molecular flexibility index (Phi) is 14.5. The molecule has 10 heteroatoms. The third kappa shape index (κ3) is 12.3. The standard InChI is InChI=1S/C41H51N5O5/c1-46(25-23-34-10-8-9-24-43-34)28-35-26-38(32-19-17-31(29-47)18-20-32)51-41(50-35)33-21-15-30(16-22-33)27-44-39(48)13-4-2-3-5-14-40(49)45-37-12-7-6-11-36(37)42/h6-12,15-22,24,35,38,41,47H,2-5,13-14,23,25-29,42H2,1H3,(H,44,48)(H,45,49)/t35-,38+,41+/m0/s1. The molecule has 2 amide bonds. The Balaban J connectivity index is 1.06. The second-order valence-corrected chi connectivity index (χ2v) is 13.3. The van der Waals surface area contributed by atoms with Crippen molar-refractivity contribution in [1.82, 2.24) is 15.2 Å². The number of benzene rings is 3. The Hall–Kier alpha value is -4.61. The molecular formula is C41H51N5O5. The Morgan fingerprint density at radius 2 is 1.53 bits per heavy atom. The summed E-state index contributed by atoms with van der Waals surface area (Å²) in [6.07, 6.45) is 6.84. The monoisotopic (exact) mass is 693 g/mol. The molecule has 1 fully saturated rings. The van der Waals surface area contributed by atoms with E-state index < -0.39 is 6.29 Å². The van der Waals surface area contributed by atoms with Gasteiger partial charge in [-0.1, -0.05) is 79.6 Å². The molecule has 270 valence electrons. The molecule has 5 rings (SSSR count). The summed E-state index contributed by atoms with van der Waals surface area (Å²) in [7, 11) is 2.11. The minimum atomic E-state index is -0.540. The van der Waals surface area contributed by atoms with Crippen molar-refractivity contribution in [2.24, 2.45) is 0 Å². The number of nitrogen functional groups attached to an aromatic ring is 1. The van der Waals surface area contributed by atoms with Crippen LogP contribution in [0.25, 0.3) is 0 Å². The number of para-hydroxylation sites is 2. The van der Waals surface area contributed by atoms with Gasteiger partial charge in [0.2, 0.25) is 11.8 Å². The zero-order chi connectivity index (χ0) is 35.8. The third-order valence-corrected chi connectivity index (χ3v) is 9.14. The molecular weight excluding hydrogens is 642 g/mol. The first-order valence-electron chi connectivity index (χ1n) is 17.9. The van der Waals surface area contributed by atoms with Crippen LogP contribution in [0.2, 0.25) is 0 Å². The van der Waals surface area contributed by atoms with Gasteiger partial charge in [0.15, 0.2) is 6.29 Å². The molecule has 3 atom stereocenters. The molecule has 0 bridgehead atoms. The number of ether oxygens (including phenoxy) is 2. The Morgan fingerprint density at radius 3 is 2.24 bits per heavy atom. The molecule has 0 saturated carbocycles. The summed E-state index contributed by atoms with van der Waals surface area (Å²) in [6, 6.07) is 29.2. The zero-order valence-electron chi connectivity index (χ0n) is 29.5. The maximum absolute atomic E-state index is 12.5. The molecule has 2 heterocycles. The molecule has 0 radical (unpaired) electrons. The van der Waals surface area contributed by atoms with E-state index in [1.54, 1.807) is 12.1 Å². The number of pyridine rings is 1. The fourth-order valence-electron chi connectivity index (χ4n) is 6.15.